The molecule has 6 nitrogen and oxygen atoms in total. The molecule has 0 unspecified atom stereocenters. The minimum absolute atomic E-state index is 0.0832. The Morgan fingerprint density at radius 3 is 1.34 bits per heavy atom. The molecular weight excluding hydrogens is 368 g/mol. The summed E-state index contributed by atoms with van der Waals surface area (Å²) in [6.45, 7) is 7.82. The van der Waals surface area contributed by atoms with Crippen LogP contribution in [0.4, 0.5) is 11.4 Å². The fourth-order valence-corrected chi connectivity index (χ4v) is 2.96. The number of carbonyl (C=O) groups excluding carboxylic acids is 2. The maximum atomic E-state index is 12.7. The summed E-state index contributed by atoms with van der Waals surface area (Å²) in [5, 5.41) is 5.69. The molecule has 2 aromatic carbocycles. The van der Waals surface area contributed by atoms with Crippen molar-refractivity contribution in [3.63, 3.8) is 0 Å². The normalized spacial score (nSPS) is 14.4. The van der Waals surface area contributed by atoms with E-state index < -0.39 is 5.41 Å². The quantitative estimate of drug-likeness (QED) is 0.639. The third-order valence-electron chi connectivity index (χ3n) is 4.59. The van der Waals surface area contributed by atoms with Crippen molar-refractivity contribution in [1.82, 2.24) is 0 Å². The SMILES string of the molecule is CC(C)Oc1ccc(NC(=O)C2(C(=O)Nc3ccc(OC(C)C)cc3)CC2)cc1. The van der Waals surface area contributed by atoms with Crippen LogP contribution in [0.5, 0.6) is 11.5 Å². The molecule has 0 aromatic heterocycles. The topological polar surface area (TPSA) is 76.7 Å². The van der Waals surface area contributed by atoms with Crippen molar-refractivity contribution in [2.45, 2.75) is 52.7 Å². The monoisotopic (exact) mass is 396 g/mol. The number of ether oxygens (including phenoxy) is 2. The molecule has 0 heterocycles. The van der Waals surface area contributed by atoms with Gasteiger partial charge >= 0.3 is 0 Å². The first-order valence-electron chi connectivity index (χ1n) is 9.95. The summed E-state index contributed by atoms with van der Waals surface area (Å²) in [5.74, 6) is 0.906. The van der Waals surface area contributed by atoms with Crippen LogP contribution >= 0.6 is 0 Å². The molecule has 0 atom stereocenters. The molecule has 154 valence electrons. The van der Waals surface area contributed by atoms with Crippen LogP contribution < -0.4 is 20.1 Å². The zero-order chi connectivity index (χ0) is 21.0. The number of anilines is 2. The lowest BCUT2D eigenvalue weighted by Crippen LogP contribution is -2.35. The highest BCUT2D eigenvalue weighted by atomic mass is 16.5. The van der Waals surface area contributed by atoms with Gasteiger partial charge in [-0.25, -0.2) is 0 Å². The van der Waals surface area contributed by atoms with E-state index in [0.29, 0.717) is 24.2 Å². The van der Waals surface area contributed by atoms with Crippen molar-refractivity contribution in [3.05, 3.63) is 48.5 Å². The van der Waals surface area contributed by atoms with Crippen molar-refractivity contribution in [1.29, 1.82) is 0 Å². The predicted molar refractivity (Wildman–Crippen MR) is 113 cm³/mol. The number of nitrogens with one attached hydrogen (secondary N) is 2. The van der Waals surface area contributed by atoms with E-state index in [1.807, 2.05) is 27.7 Å². The minimum Gasteiger partial charge on any atom is -0.491 e. The van der Waals surface area contributed by atoms with Crippen LogP contribution in [0.15, 0.2) is 48.5 Å². The maximum absolute atomic E-state index is 12.7. The molecule has 0 bridgehead atoms. The van der Waals surface area contributed by atoms with E-state index in [1.54, 1.807) is 48.5 Å². The van der Waals surface area contributed by atoms with Crippen LogP contribution in [0.2, 0.25) is 0 Å². The first-order chi connectivity index (χ1) is 13.8. The molecule has 1 aliphatic carbocycles. The molecule has 2 aromatic rings. The van der Waals surface area contributed by atoms with Gasteiger partial charge < -0.3 is 20.1 Å². The van der Waals surface area contributed by atoms with Gasteiger partial charge in [0.15, 0.2) is 0 Å². The Labute approximate surface area is 171 Å². The summed E-state index contributed by atoms with van der Waals surface area (Å²) in [6.07, 6.45) is 1.24. The molecule has 2 amide bonds. The number of benzene rings is 2. The summed E-state index contributed by atoms with van der Waals surface area (Å²) in [5.41, 5.74) is 0.265. The van der Waals surface area contributed by atoms with Crippen molar-refractivity contribution in [2.75, 3.05) is 10.6 Å². The zero-order valence-electron chi connectivity index (χ0n) is 17.3. The van der Waals surface area contributed by atoms with E-state index in [2.05, 4.69) is 10.6 Å². The van der Waals surface area contributed by atoms with Gasteiger partial charge in [-0.2, -0.15) is 0 Å². The fraction of sp³-hybridized carbons (Fsp3) is 0.391. The van der Waals surface area contributed by atoms with Crippen LogP contribution in [0.3, 0.4) is 0 Å². The van der Waals surface area contributed by atoms with E-state index in [-0.39, 0.29) is 24.0 Å². The molecular formula is C23H28N2O4. The highest BCUT2D eigenvalue weighted by Crippen LogP contribution is 2.47. The van der Waals surface area contributed by atoms with Crippen molar-refractivity contribution in [2.24, 2.45) is 5.41 Å². The largest absolute Gasteiger partial charge is 0.491 e. The van der Waals surface area contributed by atoms with Crippen molar-refractivity contribution >= 4 is 23.2 Å². The van der Waals surface area contributed by atoms with Crippen LogP contribution in [-0.2, 0) is 9.59 Å². The second-order valence-electron chi connectivity index (χ2n) is 7.87. The Balaban J connectivity index is 1.59. The minimum atomic E-state index is -1.01. The van der Waals surface area contributed by atoms with E-state index >= 15 is 0 Å². The molecule has 0 spiro atoms. The first kappa shape index (κ1) is 20.7. The summed E-state index contributed by atoms with van der Waals surface area (Å²) >= 11 is 0. The lowest BCUT2D eigenvalue weighted by Gasteiger charge is -2.16. The Morgan fingerprint density at radius 2 is 1.07 bits per heavy atom. The molecule has 1 saturated carbocycles. The zero-order valence-corrected chi connectivity index (χ0v) is 17.3. The van der Waals surface area contributed by atoms with Gasteiger partial charge in [-0.3, -0.25) is 9.59 Å². The van der Waals surface area contributed by atoms with Gasteiger partial charge in [-0.05, 0) is 89.1 Å². The smallest absolute Gasteiger partial charge is 0.240 e. The number of amides is 2. The van der Waals surface area contributed by atoms with E-state index in [0.717, 1.165) is 11.5 Å². The number of hydrogen-bond acceptors (Lipinski definition) is 4. The van der Waals surface area contributed by atoms with Gasteiger partial charge in [0.25, 0.3) is 0 Å². The van der Waals surface area contributed by atoms with Gasteiger partial charge in [0.2, 0.25) is 11.8 Å². The van der Waals surface area contributed by atoms with Gasteiger partial charge in [0, 0.05) is 11.4 Å². The van der Waals surface area contributed by atoms with Crippen LogP contribution in [0.25, 0.3) is 0 Å². The Morgan fingerprint density at radius 1 is 0.724 bits per heavy atom. The number of rotatable bonds is 8. The van der Waals surface area contributed by atoms with Crippen LogP contribution in [0.1, 0.15) is 40.5 Å². The number of hydrogen-bond donors (Lipinski definition) is 2. The van der Waals surface area contributed by atoms with Crippen molar-refractivity contribution in [3.8, 4) is 11.5 Å². The standard InChI is InChI=1S/C23H28N2O4/c1-15(2)28-19-9-5-17(6-10-19)24-21(26)23(13-14-23)22(27)25-18-7-11-20(12-8-18)29-16(3)4/h5-12,15-16H,13-14H2,1-4H3,(H,24,26)(H,25,27). The molecule has 1 aliphatic rings. The van der Waals surface area contributed by atoms with E-state index in [4.69, 9.17) is 9.47 Å². The van der Waals surface area contributed by atoms with Crippen LogP contribution in [0, 0.1) is 5.41 Å². The van der Waals surface area contributed by atoms with Gasteiger partial charge in [0.1, 0.15) is 16.9 Å². The lowest BCUT2D eigenvalue weighted by molar-refractivity contribution is -0.131. The predicted octanol–water partition coefficient (Wildman–Crippen LogP) is 4.62. The van der Waals surface area contributed by atoms with Crippen molar-refractivity contribution < 1.29 is 19.1 Å². The lowest BCUT2D eigenvalue weighted by atomic mass is 10.0. The molecule has 6 heteroatoms. The Hall–Kier alpha value is -3.02. The summed E-state index contributed by atoms with van der Waals surface area (Å²) in [7, 11) is 0. The Kier molecular flexibility index (Phi) is 6.11. The molecule has 0 saturated heterocycles. The second-order valence-corrected chi connectivity index (χ2v) is 7.87. The molecule has 3 rings (SSSR count). The van der Waals surface area contributed by atoms with E-state index in [1.165, 1.54) is 0 Å². The second kappa shape index (κ2) is 8.55. The third-order valence-corrected chi connectivity index (χ3v) is 4.59. The summed E-state index contributed by atoms with van der Waals surface area (Å²) in [6, 6.07) is 14.3. The third kappa shape index (κ3) is 5.28. The Bertz CT molecular complexity index is 784. The van der Waals surface area contributed by atoms with Gasteiger partial charge in [-0.15, -0.1) is 0 Å². The molecule has 0 aliphatic heterocycles. The highest BCUT2D eigenvalue weighted by Gasteiger charge is 2.56. The summed E-state index contributed by atoms with van der Waals surface area (Å²) < 4.78 is 11.2. The fourth-order valence-electron chi connectivity index (χ4n) is 2.96. The number of carbonyl (C=O) groups is 2. The average Bonchev–Trinajstić information content (AvgIpc) is 3.46. The van der Waals surface area contributed by atoms with Gasteiger partial charge in [0.05, 0.1) is 12.2 Å². The first-order valence-corrected chi connectivity index (χ1v) is 9.95. The maximum Gasteiger partial charge on any atom is 0.240 e. The molecule has 0 radical (unpaired) electrons. The highest BCUT2D eigenvalue weighted by molar-refractivity contribution is 6.16. The molecule has 29 heavy (non-hydrogen) atoms. The van der Waals surface area contributed by atoms with Crippen LogP contribution in [-0.4, -0.2) is 24.0 Å². The van der Waals surface area contributed by atoms with E-state index in [9.17, 15) is 9.59 Å². The molecule has 1 fully saturated rings. The van der Waals surface area contributed by atoms with Gasteiger partial charge in [-0.1, -0.05) is 0 Å². The average molecular weight is 396 g/mol. The summed E-state index contributed by atoms with van der Waals surface area (Å²) in [4.78, 5) is 25.5. The molecule has 2 N–H and O–H groups in total.